The average molecular weight is 390 g/mol. The lowest BCUT2D eigenvalue weighted by molar-refractivity contribution is 0.0950. The van der Waals surface area contributed by atoms with Gasteiger partial charge in [-0.2, -0.15) is 0 Å². The van der Waals surface area contributed by atoms with Crippen LogP contribution in [0.5, 0.6) is 0 Å². The molecule has 0 aliphatic heterocycles. The second kappa shape index (κ2) is 8.17. The van der Waals surface area contributed by atoms with Gasteiger partial charge in [-0.15, -0.1) is 0 Å². The number of hydrogen-bond acceptors (Lipinski definition) is 3. The van der Waals surface area contributed by atoms with Gasteiger partial charge in [0.1, 0.15) is 5.82 Å². The molecule has 1 amide bonds. The number of rotatable bonds is 5. The molecule has 1 aromatic heterocycles. The maximum absolute atomic E-state index is 12.9. The number of carbonyl (C=O) groups is 1. The third kappa shape index (κ3) is 4.94. The summed E-state index contributed by atoms with van der Waals surface area (Å²) in [5.41, 5.74) is 2.51. The summed E-state index contributed by atoms with van der Waals surface area (Å²) in [4.78, 5) is 16.4. The highest BCUT2D eigenvalue weighted by molar-refractivity contribution is 6.35. The van der Waals surface area contributed by atoms with Crippen LogP contribution >= 0.6 is 23.2 Å². The number of carbonyl (C=O) groups excluding carboxylic acids is 1. The fraction of sp³-hybridized carbons (Fsp3) is 0.0526. The first-order chi connectivity index (χ1) is 12.5. The highest BCUT2D eigenvalue weighted by Gasteiger charge is 2.08. The van der Waals surface area contributed by atoms with E-state index in [1.807, 2.05) is 0 Å². The first-order valence-corrected chi connectivity index (χ1v) is 8.46. The molecule has 0 saturated carbocycles. The summed E-state index contributed by atoms with van der Waals surface area (Å²) >= 11 is 12.0. The molecule has 4 nitrogen and oxygen atoms in total. The third-order valence-electron chi connectivity index (χ3n) is 3.52. The summed E-state index contributed by atoms with van der Waals surface area (Å²) < 4.78 is 12.9. The van der Waals surface area contributed by atoms with Gasteiger partial charge < -0.3 is 10.6 Å². The van der Waals surface area contributed by atoms with Gasteiger partial charge in [-0.25, -0.2) is 4.39 Å². The number of aromatic nitrogens is 1. The predicted molar refractivity (Wildman–Crippen MR) is 102 cm³/mol. The van der Waals surface area contributed by atoms with Crippen LogP contribution in [0.1, 0.15) is 15.9 Å². The van der Waals surface area contributed by atoms with Crippen molar-refractivity contribution in [1.82, 2.24) is 10.3 Å². The van der Waals surface area contributed by atoms with Gasteiger partial charge in [0.05, 0.1) is 17.4 Å². The Hall–Kier alpha value is -2.63. The summed E-state index contributed by atoms with van der Waals surface area (Å²) in [6, 6.07) is 12.7. The van der Waals surface area contributed by atoms with E-state index in [1.165, 1.54) is 18.3 Å². The number of anilines is 2. The van der Waals surface area contributed by atoms with E-state index in [2.05, 4.69) is 15.6 Å². The van der Waals surface area contributed by atoms with E-state index in [0.29, 0.717) is 33.5 Å². The lowest BCUT2D eigenvalue weighted by atomic mass is 10.2. The number of nitrogens with one attached hydrogen (secondary N) is 2. The van der Waals surface area contributed by atoms with Crippen molar-refractivity contribution in [1.29, 1.82) is 0 Å². The largest absolute Gasteiger partial charge is 0.354 e. The van der Waals surface area contributed by atoms with Crippen molar-refractivity contribution < 1.29 is 9.18 Å². The predicted octanol–water partition coefficient (Wildman–Crippen LogP) is 5.20. The molecule has 3 aromatic rings. The van der Waals surface area contributed by atoms with Crippen LogP contribution in [0.4, 0.5) is 15.8 Å². The van der Waals surface area contributed by atoms with Crippen LogP contribution in [-0.2, 0) is 6.54 Å². The van der Waals surface area contributed by atoms with E-state index in [0.717, 1.165) is 5.56 Å². The highest BCUT2D eigenvalue weighted by atomic mass is 35.5. The number of pyridine rings is 1. The van der Waals surface area contributed by atoms with Gasteiger partial charge in [0.25, 0.3) is 5.91 Å². The molecule has 2 N–H and O–H groups in total. The van der Waals surface area contributed by atoms with Gasteiger partial charge in [0.2, 0.25) is 0 Å². The molecule has 0 saturated heterocycles. The number of halogens is 3. The van der Waals surface area contributed by atoms with Crippen molar-refractivity contribution in [3.05, 3.63) is 87.9 Å². The lowest BCUT2D eigenvalue weighted by Gasteiger charge is -2.09. The molecule has 26 heavy (non-hydrogen) atoms. The van der Waals surface area contributed by atoms with Crippen molar-refractivity contribution in [2.24, 2.45) is 0 Å². The summed E-state index contributed by atoms with van der Waals surface area (Å²) in [7, 11) is 0. The third-order valence-corrected chi connectivity index (χ3v) is 3.95. The van der Waals surface area contributed by atoms with E-state index in [-0.39, 0.29) is 11.7 Å². The maximum atomic E-state index is 12.9. The maximum Gasteiger partial charge on any atom is 0.253 e. The quantitative estimate of drug-likeness (QED) is 0.630. The zero-order valence-corrected chi connectivity index (χ0v) is 15.0. The molecule has 0 aliphatic carbocycles. The molecule has 2 aromatic carbocycles. The Kier molecular flexibility index (Phi) is 5.71. The van der Waals surface area contributed by atoms with E-state index in [1.54, 1.807) is 42.6 Å². The summed E-state index contributed by atoms with van der Waals surface area (Å²) in [6.07, 6.45) is 3.06. The Balaban J connectivity index is 1.67. The summed E-state index contributed by atoms with van der Waals surface area (Å²) in [5.74, 6) is -0.598. The van der Waals surface area contributed by atoms with Crippen molar-refractivity contribution >= 4 is 40.5 Å². The SMILES string of the molecule is O=C(NCc1ccc(F)cc1)c1cncc(Nc2cc(Cl)cc(Cl)c2)c1. The van der Waals surface area contributed by atoms with E-state index in [9.17, 15) is 9.18 Å². The van der Waals surface area contributed by atoms with Crippen LogP contribution in [0.3, 0.4) is 0 Å². The fourth-order valence-electron chi connectivity index (χ4n) is 2.31. The minimum absolute atomic E-state index is 0.283. The first kappa shape index (κ1) is 18.2. The van der Waals surface area contributed by atoms with Crippen molar-refractivity contribution in [3.63, 3.8) is 0 Å². The van der Waals surface area contributed by atoms with Crippen LogP contribution in [-0.4, -0.2) is 10.9 Å². The Bertz CT molecular complexity index is 912. The van der Waals surface area contributed by atoms with Gasteiger partial charge in [0, 0.05) is 28.5 Å². The van der Waals surface area contributed by atoms with E-state index in [4.69, 9.17) is 23.2 Å². The Morgan fingerprint density at radius 2 is 1.65 bits per heavy atom. The van der Waals surface area contributed by atoms with Crippen LogP contribution in [0.15, 0.2) is 60.9 Å². The van der Waals surface area contributed by atoms with Gasteiger partial charge in [0.15, 0.2) is 0 Å². The molecule has 0 aliphatic rings. The standard InChI is InChI=1S/C19H14Cl2FN3O/c20-14-6-15(21)8-17(7-14)25-18-5-13(10-23-11-18)19(26)24-9-12-1-3-16(22)4-2-12/h1-8,10-11,25H,9H2,(H,24,26). The average Bonchev–Trinajstić information content (AvgIpc) is 2.60. The number of benzene rings is 2. The number of nitrogens with zero attached hydrogens (tertiary/aromatic N) is 1. The van der Waals surface area contributed by atoms with Crippen LogP contribution in [0.25, 0.3) is 0 Å². The first-order valence-electron chi connectivity index (χ1n) is 7.70. The molecule has 0 unspecified atom stereocenters. The summed E-state index contributed by atoms with van der Waals surface area (Å²) in [5, 5.41) is 6.88. The molecule has 132 valence electrons. The Morgan fingerprint density at radius 1 is 0.962 bits per heavy atom. The molecular formula is C19H14Cl2FN3O. The zero-order valence-electron chi connectivity index (χ0n) is 13.5. The van der Waals surface area contributed by atoms with Crippen LogP contribution in [0.2, 0.25) is 10.0 Å². The zero-order chi connectivity index (χ0) is 18.5. The van der Waals surface area contributed by atoms with Crippen LogP contribution < -0.4 is 10.6 Å². The number of amides is 1. The smallest absolute Gasteiger partial charge is 0.253 e. The van der Waals surface area contributed by atoms with Gasteiger partial charge >= 0.3 is 0 Å². The van der Waals surface area contributed by atoms with Crippen LogP contribution in [0, 0.1) is 5.82 Å². The monoisotopic (exact) mass is 389 g/mol. The Morgan fingerprint density at radius 3 is 2.35 bits per heavy atom. The minimum atomic E-state index is -0.316. The number of hydrogen-bond donors (Lipinski definition) is 2. The van der Waals surface area contributed by atoms with Crippen molar-refractivity contribution in [2.45, 2.75) is 6.54 Å². The molecular weight excluding hydrogens is 376 g/mol. The van der Waals surface area contributed by atoms with E-state index >= 15 is 0 Å². The van der Waals surface area contributed by atoms with Crippen molar-refractivity contribution in [3.8, 4) is 0 Å². The molecule has 0 fully saturated rings. The molecule has 0 bridgehead atoms. The van der Waals surface area contributed by atoms with Gasteiger partial charge in [-0.05, 0) is 42.0 Å². The molecule has 1 heterocycles. The molecule has 0 spiro atoms. The second-order valence-corrected chi connectivity index (χ2v) is 6.43. The fourth-order valence-corrected chi connectivity index (χ4v) is 2.84. The minimum Gasteiger partial charge on any atom is -0.354 e. The second-order valence-electron chi connectivity index (χ2n) is 5.55. The topological polar surface area (TPSA) is 54.0 Å². The van der Waals surface area contributed by atoms with E-state index < -0.39 is 0 Å². The molecule has 0 radical (unpaired) electrons. The lowest BCUT2D eigenvalue weighted by Crippen LogP contribution is -2.23. The highest BCUT2D eigenvalue weighted by Crippen LogP contribution is 2.25. The molecule has 7 heteroatoms. The Labute approximate surface area is 160 Å². The normalized spacial score (nSPS) is 10.4. The summed E-state index contributed by atoms with van der Waals surface area (Å²) in [6.45, 7) is 0.292. The molecule has 3 rings (SSSR count). The van der Waals surface area contributed by atoms with Gasteiger partial charge in [-0.1, -0.05) is 35.3 Å². The van der Waals surface area contributed by atoms with Crippen molar-refractivity contribution in [2.75, 3.05) is 5.32 Å². The molecule has 0 atom stereocenters. The van der Waals surface area contributed by atoms with Gasteiger partial charge in [-0.3, -0.25) is 9.78 Å².